The Balaban J connectivity index is 1.17. The number of rotatable bonds is 8. The second-order valence-corrected chi connectivity index (χ2v) is 10.2. The maximum atomic E-state index is 12.7. The minimum absolute atomic E-state index is 0.0686. The molecule has 2 aromatic rings. The van der Waals surface area contributed by atoms with Gasteiger partial charge in [0.25, 0.3) is 0 Å². The van der Waals surface area contributed by atoms with Crippen molar-refractivity contribution in [2.24, 2.45) is 23.2 Å². The predicted octanol–water partition coefficient (Wildman–Crippen LogP) is 4.41. The lowest BCUT2D eigenvalue weighted by Gasteiger charge is -2.59. The van der Waals surface area contributed by atoms with E-state index in [1.807, 2.05) is 18.2 Å². The average Bonchev–Trinajstić information content (AvgIpc) is 3.25. The van der Waals surface area contributed by atoms with Crippen LogP contribution < -0.4 is 14.8 Å². The molecule has 1 atom stereocenters. The van der Waals surface area contributed by atoms with Crippen molar-refractivity contribution >= 4 is 5.91 Å². The Morgan fingerprint density at radius 3 is 2.41 bits per heavy atom. The standard InChI is InChI=1S/C25H33N3O4/c1-15(25-12-16-8-17(13-25)10-18(9-16)14-25)26-22(29)6-7-23-27-24(28-32-23)19-4-5-20(30-2)21(11-19)31-3/h4-5,11,15-18H,6-10,12-14H2,1-3H3,(H,26,29)/t15-,16?,17?,18?,25?/m1/s1. The molecule has 1 aromatic heterocycles. The van der Waals surface area contributed by atoms with E-state index in [0.29, 0.717) is 41.5 Å². The van der Waals surface area contributed by atoms with Gasteiger partial charge in [-0.3, -0.25) is 4.79 Å². The summed E-state index contributed by atoms with van der Waals surface area (Å²) in [5, 5.41) is 7.38. The van der Waals surface area contributed by atoms with Gasteiger partial charge >= 0.3 is 0 Å². The first-order valence-electron chi connectivity index (χ1n) is 11.8. The topological polar surface area (TPSA) is 86.5 Å². The fraction of sp³-hybridized carbons (Fsp3) is 0.640. The molecule has 6 rings (SSSR count). The van der Waals surface area contributed by atoms with Gasteiger partial charge in [-0.2, -0.15) is 4.98 Å². The second-order valence-electron chi connectivity index (χ2n) is 10.2. The van der Waals surface area contributed by atoms with Crippen LogP contribution in [0, 0.1) is 23.2 Å². The molecule has 0 unspecified atom stereocenters. The summed E-state index contributed by atoms with van der Waals surface area (Å²) in [5.41, 5.74) is 1.09. The molecule has 1 N–H and O–H groups in total. The van der Waals surface area contributed by atoms with Crippen molar-refractivity contribution in [2.75, 3.05) is 14.2 Å². The number of benzene rings is 1. The molecule has 32 heavy (non-hydrogen) atoms. The molecule has 0 radical (unpaired) electrons. The van der Waals surface area contributed by atoms with Crippen LogP contribution in [0.2, 0.25) is 0 Å². The lowest BCUT2D eigenvalue weighted by atomic mass is 9.48. The quantitative estimate of drug-likeness (QED) is 0.656. The smallest absolute Gasteiger partial charge is 0.227 e. The van der Waals surface area contributed by atoms with E-state index in [0.717, 1.165) is 23.3 Å². The van der Waals surface area contributed by atoms with Crippen molar-refractivity contribution in [1.29, 1.82) is 0 Å². The number of amides is 1. The first kappa shape index (κ1) is 21.3. The van der Waals surface area contributed by atoms with E-state index >= 15 is 0 Å². The zero-order valence-corrected chi connectivity index (χ0v) is 19.2. The summed E-state index contributed by atoms with van der Waals surface area (Å²) >= 11 is 0. The van der Waals surface area contributed by atoms with Gasteiger partial charge in [-0.05, 0) is 86.8 Å². The summed E-state index contributed by atoms with van der Waals surface area (Å²) in [7, 11) is 3.19. The molecular weight excluding hydrogens is 406 g/mol. The van der Waals surface area contributed by atoms with Crippen molar-refractivity contribution < 1.29 is 18.8 Å². The van der Waals surface area contributed by atoms with E-state index in [9.17, 15) is 4.79 Å². The molecule has 4 aliphatic carbocycles. The van der Waals surface area contributed by atoms with Gasteiger partial charge in [-0.25, -0.2) is 0 Å². The van der Waals surface area contributed by atoms with Crippen LogP contribution in [0.25, 0.3) is 11.4 Å². The van der Waals surface area contributed by atoms with Gasteiger partial charge in [0.1, 0.15) is 0 Å². The highest BCUT2D eigenvalue weighted by molar-refractivity contribution is 5.76. The molecule has 7 nitrogen and oxygen atoms in total. The molecule has 4 fully saturated rings. The fourth-order valence-electron chi connectivity index (χ4n) is 6.84. The molecule has 0 aliphatic heterocycles. The molecular formula is C25H33N3O4. The van der Waals surface area contributed by atoms with E-state index in [1.165, 1.54) is 38.5 Å². The lowest BCUT2D eigenvalue weighted by molar-refractivity contribution is -0.125. The molecule has 4 saturated carbocycles. The van der Waals surface area contributed by atoms with Crippen LogP contribution in [0.5, 0.6) is 11.5 Å². The first-order chi connectivity index (χ1) is 15.5. The predicted molar refractivity (Wildman–Crippen MR) is 119 cm³/mol. The molecule has 4 bridgehead atoms. The Labute approximate surface area is 189 Å². The molecule has 7 heteroatoms. The molecule has 1 heterocycles. The van der Waals surface area contributed by atoms with Crippen molar-refractivity contribution in [3.05, 3.63) is 24.1 Å². The Bertz CT molecular complexity index is 950. The Kier molecular flexibility index (Phi) is 5.59. The van der Waals surface area contributed by atoms with Gasteiger partial charge in [-0.15, -0.1) is 0 Å². The van der Waals surface area contributed by atoms with Crippen molar-refractivity contribution in [2.45, 2.75) is 64.3 Å². The number of ether oxygens (including phenoxy) is 2. The van der Waals surface area contributed by atoms with Crippen LogP contribution in [0.1, 0.15) is 57.8 Å². The summed E-state index contributed by atoms with van der Waals surface area (Å²) in [6.45, 7) is 2.22. The van der Waals surface area contributed by atoms with Gasteiger partial charge in [0.2, 0.25) is 17.6 Å². The van der Waals surface area contributed by atoms with Gasteiger partial charge < -0.3 is 19.3 Å². The number of aromatic nitrogens is 2. The zero-order valence-electron chi connectivity index (χ0n) is 19.2. The van der Waals surface area contributed by atoms with Crippen LogP contribution >= 0.6 is 0 Å². The Morgan fingerprint density at radius 1 is 1.12 bits per heavy atom. The Morgan fingerprint density at radius 2 is 1.78 bits per heavy atom. The van der Waals surface area contributed by atoms with Crippen LogP contribution in [-0.4, -0.2) is 36.3 Å². The number of hydrogen-bond donors (Lipinski definition) is 1. The number of hydrogen-bond acceptors (Lipinski definition) is 6. The van der Waals surface area contributed by atoms with Gasteiger partial charge in [0, 0.05) is 24.4 Å². The highest BCUT2D eigenvalue weighted by Crippen LogP contribution is 2.61. The summed E-state index contributed by atoms with van der Waals surface area (Å²) in [5.74, 6) is 4.91. The third-order valence-corrected chi connectivity index (χ3v) is 8.06. The molecule has 0 saturated heterocycles. The number of nitrogens with zero attached hydrogens (tertiary/aromatic N) is 2. The average molecular weight is 440 g/mol. The monoisotopic (exact) mass is 439 g/mol. The van der Waals surface area contributed by atoms with Crippen LogP contribution in [0.15, 0.2) is 22.7 Å². The fourth-order valence-corrected chi connectivity index (χ4v) is 6.84. The zero-order chi connectivity index (χ0) is 22.3. The number of methoxy groups -OCH3 is 2. The summed E-state index contributed by atoms with van der Waals surface area (Å²) < 4.78 is 16.0. The number of nitrogens with one attached hydrogen (secondary N) is 1. The maximum absolute atomic E-state index is 12.7. The highest BCUT2D eigenvalue weighted by atomic mass is 16.5. The lowest BCUT2D eigenvalue weighted by Crippen LogP contribution is -2.55. The van der Waals surface area contributed by atoms with Crippen LogP contribution in [0.4, 0.5) is 0 Å². The second kappa shape index (κ2) is 8.41. The summed E-state index contributed by atoms with van der Waals surface area (Å²) in [4.78, 5) is 17.2. The van der Waals surface area contributed by atoms with Crippen molar-refractivity contribution in [1.82, 2.24) is 15.5 Å². The van der Waals surface area contributed by atoms with Crippen molar-refractivity contribution in [3.63, 3.8) is 0 Å². The van der Waals surface area contributed by atoms with Gasteiger partial charge in [0.15, 0.2) is 11.5 Å². The van der Waals surface area contributed by atoms with E-state index in [-0.39, 0.29) is 11.9 Å². The minimum Gasteiger partial charge on any atom is -0.493 e. The molecule has 172 valence electrons. The first-order valence-corrected chi connectivity index (χ1v) is 11.8. The number of aryl methyl sites for hydroxylation is 1. The largest absolute Gasteiger partial charge is 0.493 e. The number of carbonyl (C=O) groups excluding carboxylic acids is 1. The Hall–Kier alpha value is -2.57. The van der Waals surface area contributed by atoms with Gasteiger partial charge in [-0.1, -0.05) is 5.16 Å². The minimum atomic E-state index is 0.0686. The third-order valence-electron chi connectivity index (χ3n) is 8.06. The molecule has 1 amide bonds. The van der Waals surface area contributed by atoms with E-state index in [1.54, 1.807) is 14.2 Å². The van der Waals surface area contributed by atoms with Crippen LogP contribution in [0.3, 0.4) is 0 Å². The van der Waals surface area contributed by atoms with E-state index in [2.05, 4.69) is 22.4 Å². The van der Waals surface area contributed by atoms with Crippen molar-refractivity contribution in [3.8, 4) is 22.9 Å². The maximum Gasteiger partial charge on any atom is 0.227 e. The third kappa shape index (κ3) is 3.97. The summed E-state index contributed by atoms with van der Waals surface area (Å²) in [6.07, 6.45) is 8.90. The normalized spacial score (nSPS) is 29.0. The highest BCUT2D eigenvalue weighted by Gasteiger charge is 2.53. The van der Waals surface area contributed by atoms with Crippen LogP contribution in [-0.2, 0) is 11.2 Å². The molecule has 4 aliphatic rings. The number of carbonyl (C=O) groups is 1. The SMILES string of the molecule is COc1ccc(-c2noc(CCC(=O)N[C@H](C)C34CC5CC(CC(C5)C3)C4)n2)cc1OC. The molecule has 1 aromatic carbocycles. The molecule has 0 spiro atoms. The van der Waals surface area contributed by atoms with E-state index < -0.39 is 0 Å². The van der Waals surface area contributed by atoms with Gasteiger partial charge in [0.05, 0.1) is 14.2 Å². The summed E-state index contributed by atoms with van der Waals surface area (Å²) in [6, 6.07) is 5.71. The van der Waals surface area contributed by atoms with E-state index in [4.69, 9.17) is 14.0 Å².